The van der Waals surface area contributed by atoms with Gasteiger partial charge in [-0.2, -0.15) is 11.8 Å². The lowest BCUT2D eigenvalue weighted by Gasteiger charge is -2.36. The number of carbonyl (C=O) groups excluding carboxylic acids is 2. The molecule has 0 saturated carbocycles. The van der Waals surface area contributed by atoms with Crippen molar-refractivity contribution < 1.29 is 34.5 Å². The second-order valence-corrected chi connectivity index (χ2v) is 10.8. The van der Waals surface area contributed by atoms with E-state index < -0.39 is 6.29 Å². The Hall–Kier alpha value is -2.47. The van der Waals surface area contributed by atoms with Gasteiger partial charge < -0.3 is 25.0 Å². The van der Waals surface area contributed by atoms with Crippen LogP contribution >= 0.6 is 11.8 Å². The standard InChI is InChI=1S/C29H40N2O7S/c32-15-16-39-20-25-17-26(23-11-9-22(19-33)10-12-23)38-29(37-25)24-13-7-21(8-14-24)18-30-27(34)5-3-1-2-4-6-28(35)31-36/h7-14,25-26,29,32-33,36H,1-6,15-20H2,(H,30,34)(H,31,35)/t25-,26+,29+/m1/s1. The van der Waals surface area contributed by atoms with Gasteiger partial charge in [0.25, 0.3) is 0 Å². The second kappa shape index (κ2) is 17.3. The number of rotatable bonds is 16. The van der Waals surface area contributed by atoms with Crippen molar-refractivity contribution in [2.24, 2.45) is 0 Å². The number of ether oxygens (including phenoxy) is 2. The average Bonchev–Trinajstić information content (AvgIpc) is 2.98. The van der Waals surface area contributed by atoms with Crippen molar-refractivity contribution in [3.63, 3.8) is 0 Å². The summed E-state index contributed by atoms with van der Waals surface area (Å²) < 4.78 is 12.6. The molecule has 1 aliphatic heterocycles. The average molecular weight is 561 g/mol. The van der Waals surface area contributed by atoms with Crippen LogP contribution in [-0.2, 0) is 32.2 Å². The minimum atomic E-state index is -0.534. The molecule has 2 amide bonds. The molecule has 3 rings (SSSR count). The zero-order valence-corrected chi connectivity index (χ0v) is 23.0. The number of unbranched alkanes of at least 4 members (excludes halogenated alkanes) is 3. The topological polar surface area (TPSA) is 137 Å². The van der Waals surface area contributed by atoms with Crippen molar-refractivity contribution in [1.82, 2.24) is 10.8 Å². The van der Waals surface area contributed by atoms with Gasteiger partial charge in [0.05, 0.1) is 25.4 Å². The molecule has 1 fully saturated rings. The minimum absolute atomic E-state index is 0.00183. The van der Waals surface area contributed by atoms with Crippen LogP contribution in [0.5, 0.6) is 0 Å². The van der Waals surface area contributed by atoms with E-state index in [9.17, 15) is 14.7 Å². The van der Waals surface area contributed by atoms with Gasteiger partial charge in [-0.3, -0.25) is 14.8 Å². The second-order valence-electron chi connectivity index (χ2n) is 9.62. The lowest BCUT2D eigenvalue weighted by Crippen LogP contribution is -2.31. The Labute approximate surface area is 234 Å². The number of hydroxylamine groups is 1. The summed E-state index contributed by atoms with van der Waals surface area (Å²) in [5.41, 5.74) is 5.38. The third-order valence-corrected chi connectivity index (χ3v) is 7.66. The number of hydrogen-bond acceptors (Lipinski definition) is 8. The molecule has 39 heavy (non-hydrogen) atoms. The van der Waals surface area contributed by atoms with Gasteiger partial charge in [-0.15, -0.1) is 0 Å². The van der Waals surface area contributed by atoms with Crippen molar-refractivity contribution in [3.8, 4) is 0 Å². The SMILES string of the molecule is O=C(CCCCCCC(=O)NCc1ccc([C@H]2O[C@@H](CSCCO)C[C@@H](c3ccc(CO)cc3)O2)cc1)NO. The van der Waals surface area contributed by atoms with Crippen LogP contribution in [0.15, 0.2) is 48.5 Å². The number of aliphatic hydroxyl groups excluding tert-OH is 2. The van der Waals surface area contributed by atoms with E-state index in [0.717, 1.165) is 47.3 Å². The van der Waals surface area contributed by atoms with Gasteiger partial charge in [0.15, 0.2) is 6.29 Å². The molecule has 1 aliphatic rings. The van der Waals surface area contributed by atoms with Crippen molar-refractivity contribution in [2.75, 3.05) is 18.1 Å². The first kappa shape index (κ1) is 31.1. The third kappa shape index (κ3) is 10.9. The van der Waals surface area contributed by atoms with Gasteiger partial charge in [-0.25, -0.2) is 5.48 Å². The van der Waals surface area contributed by atoms with Gasteiger partial charge in [-0.05, 0) is 29.5 Å². The third-order valence-electron chi connectivity index (χ3n) is 6.58. The fraction of sp³-hybridized carbons (Fsp3) is 0.517. The molecular weight excluding hydrogens is 520 g/mol. The quantitative estimate of drug-likeness (QED) is 0.118. The first-order valence-electron chi connectivity index (χ1n) is 13.5. The van der Waals surface area contributed by atoms with Crippen molar-refractivity contribution in [3.05, 3.63) is 70.8 Å². The molecule has 0 radical (unpaired) electrons. The molecular formula is C29H40N2O7S. The number of thioether (sulfide) groups is 1. The Morgan fingerprint density at radius 3 is 2.13 bits per heavy atom. The zero-order valence-electron chi connectivity index (χ0n) is 22.2. The summed E-state index contributed by atoms with van der Waals surface area (Å²) in [7, 11) is 0. The van der Waals surface area contributed by atoms with Crippen molar-refractivity contribution in [2.45, 2.75) is 76.6 Å². The van der Waals surface area contributed by atoms with E-state index >= 15 is 0 Å². The van der Waals surface area contributed by atoms with Crippen LogP contribution in [-0.4, -0.2) is 51.5 Å². The molecule has 3 atom stereocenters. The molecule has 0 aromatic heterocycles. The maximum atomic E-state index is 12.2. The van der Waals surface area contributed by atoms with Crippen LogP contribution in [0.25, 0.3) is 0 Å². The normalized spacial score (nSPS) is 19.0. The highest BCUT2D eigenvalue weighted by molar-refractivity contribution is 7.99. The molecule has 5 N–H and O–H groups in total. The number of carbonyl (C=O) groups is 2. The van der Waals surface area contributed by atoms with Crippen LogP contribution < -0.4 is 10.8 Å². The smallest absolute Gasteiger partial charge is 0.243 e. The van der Waals surface area contributed by atoms with Crippen molar-refractivity contribution >= 4 is 23.6 Å². The van der Waals surface area contributed by atoms with E-state index in [1.807, 2.05) is 48.5 Å². The molecule has 2 aromatic rings. The molecule has 9 nitrogen and oxygen atoms in total. The lowest BCUT2D eigenvalue weighted by atomic mass is 10.0. The van der Waals surface area contributed by atoms with Gasteiger partial charge in [-0.1, -0.05) is 61.4 Å². The summed E-state index contributed by atoms with van der Waals surface area (Å²) >= 11 is 1.65. The Morgan fingerprint density at radius 2 is 1.49 bits per heavy atom. The van der Waals surface area contributed by atoms with E-state index in [1.54, 1.807) is 17.2 Å². The summed E-state index contributed by atoms with van der Waals surface area (Å²) in [4.78, 5) is 23.2. The monoisotopic (exact) mass is 560 g/mol. The van der Waals surface area contributed by atoms with E-state index in [2.05, 4.69) is 5.32 Å². The van der Waals surface area contributed by atoms with Crippen LogP contribution in [0.4, 0.5) is 0 Å². The Morgan fingerprint density at radius 1 is 0.846 bits per heavy atom. The highest BCUT2D eigenvalue weighted by Gasteiger charge is 2.32. The molecule has 0 aliphatic carbocycles. The number of benzene rings is 2. The number of hydrogen-bond donors (Lipinski definition) is 5. The number of nitrogens with one attached hydrogen (secondary N) is 2. The number of amides is 2. The Kier molecular flexibility index (Phi) is 13.8. The zero-order chi connectivity index (χ0) is 27.9. The van der Waals surface area contributed by atoms with E-state index in [0.29, 0.717) is 31.6 Å². The van der Waals surface area contributed by atoms with Crippen molar-refractivity contribution in [1.29, 1.82) is 0 Å². The molecule has 1 heterocycles. The molecule has 0 spiro atoms. The fourth-order valence-corrected chi connectivity index (χ4v) is 5.14. The predicted molar refractivity (Wildman–Crippen MR) is 149 cm³/mol. The Balaban J connectivity index is 1.49. The first-order valence-corrected chi connectivity index (χ1v) is 14.7. The van der Waals surface area contributed by atoms with Crippen LogP contribution in [0.3, 0.4) is 0 Å². The van der Waals surface area contributed by atoms with Gasteiger partial charge in [0, 0.05) is 42.9 Å². The maximum absolute atomic E-state index is 12.2. The van der Waals surface area contributed by atoms with E-state index in [1.165, 1.54) is 0 Å². The van der Waals surface area contributed by atoms with E-state index in [4.69, 9.17) is 19.8 Å². The largest absolute Gasteiger partial charge is 0.396 e. The molecule has 1 saturated heterocycles. The predicted octanol–water partition coefficient (Wildman–Crippen LogP) is 3.91. The summed E-state index contributed by atoms with van der Waals surface area (Å²) in [5.74, 6) is 1.02. The van der Waals surface area contributed by atoms with Gasteiger partial charge in [0.2, 0.25) is 11.8 Å². The van der Waals surface area contributed by atoms with Crippen LogP contribution in [0, 0.1) is 0 Å². The summed E-state index contributed by atoms with van der Waals surface area (Å²) in [5, 5.41) is 29.9. The molecule has 0 bridgehead atoms. The first-order chi connectivity index (χ1) is 19.0. The molecule has 0 unspecified atom stereocenters. The lowest BCUT2D eigenvalue weighted by molar-refractivity contribution is -0.245. The maximum Gasteiger partial charge on any atom is 0.243 e. The molecule has 214 valence electrons. The molecule has 10 heteroatoms. The summed E-state index contributed by atoms with van der Waals surface area (Å²) in [6, 6.07) is 15.6. The van der Waals surface area contributed by atoms with Gasteiger partial charge >= 0.3 is 0 Å². The Bertz CT molecular complexity index is 1000. The fourth-order valence-electron chi connectivity index (χ4n) is 4.36. The van der Waals surface area contributed by atoms with Crippen LogP contribution in [0.1, 0.15) is 79.6 Å². The minimum Gasteiger partial charge on any atom is -0.396 e. The highest BCUT2D eigenvalue weighted by Crippen LogP contribution is 2.38. The van der Waals surface area contributed by atoms with Crippen LogP contribution in [0.2, 0.25) is 0 Å². The van der Waals surface area contributed by atoms with Gasteiger partial charge in [0.1, 0.15) is 0 Å². The number of aliphatic hydroxyl groups is 2. The highest BCUT2D eigenvalue weighted by atomic mass is 32.2. The molecule has 2 aromatic carbocycles. The summed E-state index contributed by atoms with van der Waals surface area (Å²) in [6.07, 6.45) is 3.84. The summed E-state index contributed by atoms with van der Waals surface area (Å²) in [6.45, 7) is 0.563. The van der Waals surface area contributed by atoms with E-state index in [-0.39, 0.29) is 43.7 Å².